The van der Waals surface area contributed by atoms with Gasteiger partial charge in [0.25, 0.3) is 0 Å². The predicted molar refractivity (Wildman–Crippen MR) is 119 cm³/mol. The maximum absolute atomic E-state index is 13.2. The molecule has 2 atom stereocenters. The molecule has 5 heteroatoms. The molecule has 154 valence electrons. The molecule has 1 aromatic heterocycles. The minimum Gasteiger partial charge on any atom is -0.467 e. The molecule has 1 N–H and O–H groups in total. The van der Waals surface area contributed by atoms with Crippen LogP contribution in [0.2, 0.25) is 0 Å². The Hall–Kier alpha value is -3.21. The molecule has 1 saturated heterocycles. The standard InChI is InChI=1S/C25H27N3O2/c1-18-8-10-20(11-9-18)27-12-13-28-23-7-3-2-5-19(23)15-22(24(28)17-27)25(29)26-16-21-6-4-14-30-21/h2-11,14,22,24H,12-13,15-17H2,1H3,(H,26,29). The lowest BCUT2D eigenvalue weighted by Gasteiger charge is -2.49. The van der Waals surface area contributed by atoms with Crippen molar-refractivity contribution >= 4 is 17.3 Å². The minimum absolute atomic E-state index is 0.0943. The van der Waals surface area contributed by atoms with Gasteiger partial charge in [-0.25, -0.2) is 0 Å². The monoisotopic (exact) mass is 401 g/mol. The molecule has 0 saturated carbocycles. The lowest BCUT2D eigenvalue weighted by atomic mass is 9.83. The molecule has 1 fully saturated rings. The van der Waals surface area contributed by atoms with Crippen LogP contribution in [0.5, 0.6) is 0 Å². The number of carbonyl (C=O) groups excluding carboxylic acids is 1. The van der Waals surface area contributed by atoms with Crippen LogP contribution in [0.3, 0.4) is 0 Å². The van der Waals surface area contributed by atoms with E-state index in [1.807, 2.05) is 12.1 Å². The quantitative estimate of drug-likeness (QED) is 0.723. The Labute approximate surface area is 177 Å². The Bertz CT molecular complexity index is 1010. The second kappa shape index (κ2) is 7.90. The van der Waals surface area contributed by atoms with Gasteiger partial charge in [0.05, 0.1) is 24.8 Å². The van der Waals surface area contributed by atoms with E-state index < -0.39 is 0 Å². The third kappa shape index (κ3) is 3.56. The van der Waals surface area contributed by atoms with Crippen LogP contribution < -0.4 is 15.1 Å². The molecule has 0 radical (unpaired) electrons. The van der Waals surface area contributed by atoms with Gasteiger partial charge in [-0.1, -0.05) is 35.9 Å². The van der Waals surface area contributed by atoms with Crippen molar-refractivity contribution in [3.8, 4) is 0 Å². The Balaban J connectivity index is 1.40. The van der Waals surface area contributed by atoms with E-state index in [1.54, 1.807) is 6.26 Å². The van der Waals surface area contributed by atoms with Gasteiger partial charge in [0.2, 0.25) is 5.91 Å². The first-order valence-electron chi connectivity index (χ1n) is 10.7. The second-order valence-corrected chi connectivity index (χ2v) is 8.28. The van der Waals surface area contributed by atoms with E-state index in [-0.39, 0.29) is 17.9 Å². The van der Waals surface area contributed by atoms with Crippen molar-refractivity contribution in [2.24, 2.45) is 5.92 Å². The van der Waals surface area contributed by atoms with Crippen molar-refractivity contribution in [3.05, 3.63) is 83.8 Å². The molecule has 2 unspecified atom stereocenters. The molecule has 2 aliphatic rings. The highest BCUT2D eigenvalue weighted by Crippen LogP contribution is 2.37. The largest absolute Gasteiger partial charge is 0.467 e. The Morgan fingerprint density at radius 3 is 2.70 bits per heavy atom. The highest BCUT2D eigenvalue weighted by atomic mass is 16.3. The summed E-state index contributed by atoms with van der Waals surface area (Å²) in [5.41, 5.74) is 5.03. The molecule has 2 aromatic carbocycles. The first-order chi connectivity index (χ1) is 14.7. The number of hydrogen-bond acceptors (Lipinski definition) is 4. The summed E-state index contributed by atoms with van der Waals surface area (Å²) < 4.78 is 5.39. The lowest BCUT2D eigenvalue weighted by molar-refractivity contribution is -0.126. The molecule has 0 aliphatic carbocycles. The van der Waals surface area contributed by atoms with Gasteiger partial charge < -0.3 is 19.5 Å². The van der Waals surface area contributed by atoms with Crippen LogP contribution in [0.4, 0.5) is 11.4 Å². The number of rotatable bonds is 4. The minimum atomic E-state index is -0.0943. The van der Waals surface area contributed by atoms with Crippen LogP contribution in [0.15, 0.2) is 71.3 Å². The van der Waals surface area contributed by atoms with E-state index in [4.69, 9.17) is 4.42 Å². The first-order valence-corrected chi connectivity index (χ1v) is 10.7. The molecule has 5 rings (SSSR count). The molecule has 1 amide bonds. The smallest absolute Gasteiger partial charge is 0.225 e. The number of nitrogens with one attached hydrogen (secondary N) is 1. The zero-order valence-electron chi connectivity index (χ0n) is 17.3. The van der Waals surface area contributed by atoms with Gasteiger partial charge in [-0.2, -0.15) is 0 Å². The maximum atomic E-state index is 13.2. The summed E-state index contributed by atoms with van der Waals surface area (Å²) >= 11 is 0. The highest BCUT2D eigenvalue weighted by Gasteiger charge is 2.41. The number of nitrogens with zero attached hydrogens (tertiary/aromatic N) is 2. The van der Waals surface area contributed by atoms with E-state index in [0.717, 1.165) is 31.8 Å². The SMILES string of the molecule is Cc1ccc(N2CCN3c4ccccc4CC(C(=O)NCc4ccco4)C3C2)cc1. The number of benzene rings is 2. The Morgan fingerprint density at radius 2 is 1.90 bits per heavy atom. The number of fused-ring (bicyclic) bond motifs is 3. The number of piperazine rings is 1. The predicted octanol–water partition coefficient (Wildman–Crippen LogP) is 3.77. The zero-order chi connectivity index (χ0) is 20.5. The van der Waals surface area contributed by atoms with E-state index >= 15 is 0 Å². The van der Waals surface area contributed by atoms with Crippen LogP contribution >= 0.6 is 0 Å². The van der Waals surface area contributed by atoms with Crippen molar-refractivity contribution < 1.29 is 9.21 Å². The fraction of sp³-hybridized carbons (Fsp3) is 0.320. The number of amides is 1. The average Bonchev–Trinajstić information content (AvgIpc) is 3.31. The van der Waals surface area contributed by atoms with Crippen LogP contribution in [0.25, 0.3) is 0 Å². The van der Waals surface area contributed by atoms with Crippen molar-refractivity contribution in [2.75, 3.05) is 29.4 Å². The summed E-state index contributed by atoms with van der Waals surface area (Å²) in [7, 11) is 0. The summed E-state index contributed by atoms with van der Waals surface area (Å²) in [5, 5.41) is 3.10. The number of para-hydroxylation sites is 1. The van der Waals surface area contributed by atoms with Crippen molar-refractivity contribution in [2.45, 2.75) is 25.9 Å². The second-order valence-electron chi connectivity index (χ2n) is 8.28. The topological polar surface area (TPSA) is 48.7 Å². The summed E-state index contributed by atoms with van der Waals surface area (Å²) in [6.07, 6.45) is 2.41. The highest BCUT2D eigenvalue weighted by molar-refractivity contribution is 5.82. The third-order valence-electron chi connectivity index (χ3n) is 6.38. The summed E-state index contributed by atoms with van der Waals surface area (Å²) in [6, 6.07) is 21.1. The molecule has 3 heterocycles. The van der Waals surface area contributed by atoms with Crippen molar-refractivity contribution in [1.29, 1.82) is 0 Å². The molecule has 3 aromatic rings. The summed E-state index contributed by atoms with van der Waals surface area (Å²) in [5.74, 6) is 0.783. The molecule has 2 aliphatic heterocycles. The van der Waals surface area contributed by atoms with E-state index in [2.05, 4.69) is 70.6 Å². The number of furan rings is 1. The van der Waals surface area contributed by atoms with Crippen LogP contribution in [-0.4, -0.2) is 31.6 Å². The van der Waals surface area contributed by atoms with Gasteiger partial charge >= 0.3 is 0 Å². The molecule has 0 spiro atoms. The average molecular weight is 402 g/mol. The molecular weight excluding hydrogens is 374 g/mol. The number of aryl methyl sites for hydroxylation is 1. The first kappa shape index (κ1) is 18.8. The van der Waals surface area contributed by atoms with E-state index in [9.17, 15) is 4.79 Å². The normalized spacial score (nSPS) is 20.4. The maximum Gasteiger partial charge on any atom is 0.225 e. The van der Waals surface area contributed by atoms with Crippen molar-refractivity contribution in [1.82, 2.24) is 5.32 Å². The Kier molecular flexibility index (Phi) is 4.95. The fourth-order valence-electron chi connectivity index (χ4n) is 4.77. The van der Waals surface area contributed by atoms with Crippen molar-refractivity contribution in [3.63, 3.8) is 0 Å². The van der Waals surface area contributed by atoms with E-state index in [0.29, 0.717) is 6.54 Å². The number of hydrogen-bond donors (Lipinski definition) is 1. The molecular formula is C25H27N3O2. The van der Waals surface area contributed by atoms with Gasteiger partial charge in [-0.3, -0.25) is 4.79 Å². The summed E-state index contributed by atoms with van der Waals surface area (Å²) in [4.78, 5) is 18.1. The van der Waals surface area contributed by atoms with Gasteiger partial charge in [0.1, 0.15) is 5.76 Å². The van der Waals surface area contributed by atoms with Gasteiger partial charge in [0, 0.05) is 31.0 Å². The van der Waals surface area contributed by atoms with Crippen LogP contribution in [-0.2, 0) is 17.8 Å². The number of carbonyl (C=O) groups is 1. The molecule has 5 nitrogen and oxygen atoms in total. The third-order valence-corrected chi connectivity index (χ3v) is 6.38. The molecule has 30 heavy (non-hydrogen) atoms. The van der Waals surface area contributed by atoms with Gasteiger partial charge in [0.15, 0.2) is 0 Å². The summed E-state index contributed by atoms with van der Waals surface area (Å²) in [6.45, 7) is 5.25. The van der Waals surface area contributed by atoms with Crippen LogP contribution in [0.1, 0.15) is 16.9 Å². The van der Waals surface area contributed by atoms with Crippen LogP contribution in [0, 0.1) is 12.8 Å². The Morgan fingerprint density at radius 1 is 1.07 bits per heavy atom. The van der Waals surface area contributed by atoms with E-state index in [1.165, 1.54) is 22.5 Å². The zero-order valence-corrected chi connectivity index (χ0v) is 17.3. The fourth-order valence-corrected chi connectivity index (χ4v) is 4.77. The number of anilines is 2. The van der Waals surface area contributed by atoms with Gasteiger partial charge in [-0.15, -0.1) is 0 Å². The molecule has 0 bridgehead atoms. The van der Waals surface area contributed by atoms with Gasteiger partial charge in [-0.05, 0) is 49.2 Å². The lowest BCUT2D eigenvalue weighted by Crippen LogP contribution is -2.61.